The molecule has 0 fully saturated rings. The van der Waals surface area contributed by atoms with E-state index in [0.717, 1.165) is 16.8 Å². The Hall–Kier alpha value is -3.41. The number of aromatic amines is 1. The summed E-state index contributed by atoms with van der Waals surface area (Å²) in [7, 11) is 0. The minimum Gasteiger partial charge on any atom is -0.355 e. The van der Waals surface area contributed by atoms with Crippen LogP contribution in [0.1, 0.15) is 30.8 Å². The maximum absolute atomic E-state index is 12.1. The predicted molar refractivity (Wildman–Crippen MR) is 108 cm³/mol. The third kappa shape index (κ3) is 5.54. The smallest absolute Gasteiger partial charge is 0.224 e. The fourth-order valence-electron chi connectivity index (χ4n) is 2.86. The molecule has 0 aliphatic carbocycles. The Bertz CT molecular complexity index is 907. The minimum absolute atomic E-state index is 0.0921. The summed E-state index contributed by atoms with van der Waals surface area (Å²) < 4.78 is 0. The molecule has 6 heteroatoms. The molecule has 6 nitrogen and oxygen atoms in total. The highest BCUT2D eigenvalue weighted by atomic mass is 16.2. The van der Waals surface area contributed by atoms with Crippen LogP contribution in [0.2, 0.25) is 0 Å². The van der Waals surface area contributed by atoms with Crippen LogP contribution in [-0.4, -0.2) is 28.3 Å². The average Bonchev–Trinajstić information content (AvgIpc) is 3.20. The zero-order valence-electron chi connectivity index (χ0n) is 15.8. The van der Waals surface area contributed by atoms with Crippen molar-refractivity contribution in [1.29, 1.82) is 0 Å². The number of hydrogen-bond donors (Lipinski definition) is 3. The van der Waals surface area contributed by atoms with Gasteiger partial charge in [0.2, 0.25) is 11.8 Å². The number of imidazole rings is 1. The van der Waals surface area contributed by atoms with Crippen LogP contribution in [0, 0.1) is 0 Å². The molecule has 0 radical (unpaired) electrons. The van der Waals surface area contributed by atoms with Crippen molar-refractivity contribution in [2.75, 3.05) is 6.54 Å². The summed E-state index contributed by atoms with van der Waals surface area (Å²) in [5.41, 5.74) is 2.90. The van der Waals surface area contributed by atoms with Gasteiger partial charge < -0.3 is 15.6 Å². The Kier molecular flexibility index (Phi) is 6.57. The third-order valence-corrected chi connectivity index (χ3v) is 4.35. The second-order valence-electron chi connectivity index (χ2n) is 6.60. The Morgan fingerprint density at radius 2 is 1.68 bits per heavy atom. The van der Waals surface area contributed by atoms with E-state index in [1.807, 2.05) is 67.6 Å². The molecule has 1 atom stereocenters. The molecular formula is C22H24N4O2. The van der Waals surface area contributed by atoms with Gasteiger partial charge in [0.1, 0.15) is 5.82 Å². The normalized spacial score (nSPS) is 11.6. The maximum atomic E-state index is 12.1. The molecule has 28 heavy (non-hydrogen) atoms. The van der Waals surface area contributed by atoms with Gasteiger partial charge >= 0.3 is 0 Å². The molecule has 0 spiro atoms. The minimum atomic E-state index is -0.245. The zero-order valence-corrected chi connectivity index (χ0v) is 15.8. The van der Waals surface area contributed by atoms with Gasteiger partial charge in [0.05, 0.1) is 24.4 Å². The molecule has 0 aliphatic heterocycles. The molecule has 0 bridgehead atoms. The molecule has 0 aliphatic rings. The van der Waals surface area contributed by atoms with Crippen molar-refractivity contribution in [3.63, 3.8) is 0 Å². The number of rotatable bonds is 8. The van der Waals surface area contributed by atoms with Gasteiger partial charge in [-0.1, -0.05) is 60.7 Å². The van der Waals surface area contributed by atoms with Crippen LogP contribution in [0.15, 0.2) is 66.9 Å². The first-order valence-corrected chi connectivity index (χ1v) is 9.32. The highest BCUT2D eigenvalue weighted by molar-refractivity contribution is 5.80. The first-order valence-electron chi connectivity index (χ1n) is 9.32. The van der Waals surface area contributed by atoms with Crippen molar-refractivity contribution in [3.05, 3.63) is 78.2 Å². The highest BCUT2D eigenvalue weighted by Crippen LogP contribution is 2.18. The van der Waals surface area contributed by atoms with E-state index in [2.05, 4.69) is 20.6 Å². The Morgan fingerprint density at radius 3 is 2.39 bits per heavy atom. The lowest BCUT2D eigenvalue weighted by Gasteiger charge is -2.12. The van der Waals surface area contributed by atoms with Crippen molar-refractivity contribution >= 4 is 11.8 Å². The highest BCUT2D eigenvalue weighted by Gasteiger charge is 2.13. The second-order valence-corrected chi connectivity index (χ2v) is 6.60. The van der Waals surface area contributed by atoms with Gasteiger partial charge in [0.15, 0.2) is 0 Å². The fraction of sp³-hybridized carbons (Fsp3) is 0.227. The molecule has 1 aromatic heterocycles. The van der Waals surface area contributed by atoms with E-state index in [1.165, 1.54) is 0 Å². The Balaban J connectivity index is 1.42. The van der Waals surface area contributed by atoms with Crippen molar-refractivity contribution in [1.82, 2.24) is 20.6 Å². The van der Waals surface area contributed by atoms with Crippen LogP contribution in [0.4, 0.5) is 0 Å². The monoisotopic (exact) mass is 376 g/mol. The first kappa shape index (κ1) is 19.4. The molecule has 0 saturated heterocycles. The number of aromatic nitrogens is 2. The average molecular weight is 376 g/mol. The lowest BCUT2D eigenvalue weighted by molar-refractivity contribution is -0.122. The first-order chi connectivity index (χ1) is 13.6. The van der Waals surface area contributed by atoms with E-state index in [1.54, 1.807) is 6.20 Å². The van der Waals surface area contributed by atoms with Crippen molar-refractivity contribution in [2.24, 2.45) is 0 Å². The Labute approximate surface area is 164 Å². The van der Waals surface area contributed by atoms with E-state index in [0.29, 0.717) is 18.8 Å². The van der Waals surface area contributed by atoms with Crippen LogP contribution >= 0.6 is 0 Å². The SMILES string of the molecule is CC(NC(=O)CCNC(=O)Cc1ccccc1)c1ncc(-c2ccccc2)[nH]1. The quantitative estimate of drug-likeness (QED) is 0.565. The number of hydrogen-bond acceptors (Lipinski definition) is 3. The second kappa shape index (κ2) is 9.50. The van der Waals surface area contributed by atoms with Gasteiger partial charge in [0.25, 0.3) is 0 Å². The summed E-state index contributed by atoms with van der Waals surface area (Å²) in [6.45, 7) is 2.18. The van der Waals surface area contributed by atoms with Crippen LogP contribution in [0.5, 0.6) is 0 Å². The van der Waals surface area contributed by atoms with Crippen molar-refractivity contribution in [3.8, 4) is 11.3 Å². The van der Waals surface area contributed by atoms with Gasteiger partial charge in [-0.05, 0) is 18.1 Å². The molecule has 3 N–H and O–H groups in total. The molecule has 0 saturated carbocycles. The molecule has 144 valence electrons. The fourth-order valence-corrected chi connectivity index (χ4v) is 2.86. The largest absolute Gasteiger partial charge is 0.355 e. The Morgan fingerprint density at radius 1 is 1.00 bits per heavy atom. The molecular weight excluding hydrogens is 352 g/mol. The molecule has 2 aromatic carbocycles. The summed E-state index contributed by atoms with van der Waals surface area (Å²) in [5, 5.41) is 5.68. The van der Waals surface area contributed by atoms with E-state index >= 15 is 0 Å². The van der Waals surface area contributed by atoms with E-state index < -0.39 is 0 Å². The summed E-state index contributed by atoms with van der Waals surface area (Å²) in [6.07, 6.45) is 2.29. The zero-order chi connectivity index (χ0) is 19.8. The van der Waals surface area contributed by atoms with Crippen molar-refractivity contribution in [2.45, 2.75) is 25.8 Å². The van der Waals surface area contributed by atoms with Gasteiger partial charge in [-0.25, -0.2) is 4.98 Å². The van der Waals surface area contributed by atoms with Crippen molar-refractivity contribution < 1.29 is 9.59 Å². The number of carbonyl (C=O) groups is 2. The molecule has 1 unspecified atom stereocenters. The number of nitrogens with zero attached hydrogens (tertiary/aromatic N) is 1. The summed E-state index contributed by atoms with van der Waals surface area (Å²) in [6, 6.07) is 19.2. The van der Waals surface area contributed by atoms with E-state index in [-0.39, 0.29) is 24.3 Å². The molecule has 1 heterocycles. The standard InChI is InChI=1S/C22H24N4O2/c1-16(22-24-15-19(26-22)18-10-6-3-7-11-18)25-20(27)12-13-23-21(28)14-17-8-4-2-5-9-17/h2-11,15-16H,12-14H2,1H3,(H,23,28)(H,24,26)(H,25,27). The summed E-state index contributed by atoms with van der Waals surface area (Å²) in [4.78, 5) is 31.7. The molecule has 3 aromatic rings. The van der Waals surface area contributed by atoms with Gasteiger partial charge in [0, 0.05) is 13.0 Å². The number of carbonyl (C=O) groups excluding carboxylic acids is 2. The predicted octanol–water partition coefficient (Wildman–Crippen LogP) is 3.00. The van der Waals surface area contributed by atoms with Crippen LogP contribution in [0.25, 0.3) is 11.3 Å². The number of amides is 2. The van der Waals surface area contributed by atoms with Gasteiger partial charge in [-0.2, -0.15) is 0 Å². The van der Waals surface area contributed by atoms with Crippen LogP contribution < -0.4 is 10.6 Å². The summed E-state index contributed by atoms with van der Waals surface area (Å²) >= 11 is 0. The number of nitrogens with one attached hydrogen (secondary N) is 3. The molecule has 2 amide bonds. The van der Waals surface area contributed by atoms with Crippen LogP contribution in [0.3, 0.4) is 0 Å². The third-order valence-electron chi connectivity index (χ3n) is 4.35. The van der Waals surface area contributed by atoms with E-state index in [4.69, 9.17) is 0 Å². The lowest BCUT2D eigenvalue weighted by Crippen LogP contribution is -2.33. The number of H-pyrrole nitrogens is 1. The summed E-state index contributed by atoms with van der Waals surface area (Å²) in [5.74, 6) is 0.469. The van der Waals surface area contributed by atoms with Gasteiger partial charge in [-0.15, -0.1) is 0 Å². The van der Waals surface area contributed by atoms with Crippen LogP contribution in [-0.2, 0) is 16.0 Å². The molecule has 3 rings (SSSR count). The lowest BCUT2D eigenvalue weighted by atomic mass is 10.1. The van der Waals surface area contributed by atoms with Gasteiger partial charge in [-0.3, -0.25) is 9.59 Å². The maximum Gasteiger partial charge on any atom is 0.224 e. The topological polar surface area (TPSA) is 86.9 Å². The van der Waals surface area contributed by atoms with E-state index in [9.17, 15) is 9.59 Å². The number of benzene rings is 2.